The summed E-state index contributed by atoms with van der Waals surface area (Å²) in [5, 5.41) is 21.3. The minimum Gasteiger partial charge on any atom is -0.491 e. The second kappa shape index (κ2) is 18.6. The van der Waals surface area contributed by atoms with Gasteiger partial charge in [-0.3, -0.25) is 0 Å². The van der Waals surface area contributed by atoms with Crippen molar-refractivity contribution in [2.75, 3.05) is 13.2 Å². The first-order chi connectivity index (χ1) is 24.8. The molecule has 1 fully saturated rings. The monoisotopic (exact) mass is 734 g/mol. The van der Waals surface area contributed by atoms with Crippen LogP contribution in [0.5, 0.6) is 11.5 Å². The van der Waals surface area contributed by atoms with Gasteiger partial charge in [0.05, 0.1) is 12.2 Å². The van der Waals surface area contributed by atoms with E-state index in [2.05, 4.69) is 58.2 Å². The molecule has 0 radical (unpaired) electrons. The van der Waals surface area contributed by atoms with E-state index in [9.17, 15) is 19.8 Å². The molecule has 1 aliphatic rings. The van der Waals surface area contributed by atoms with Crippen molar-refractivity contribution in [3.63, 3.8) is 0 Å². The first-order valence-corrected chi connectivity index (χ1v) is 19.4. The van der Waals surface area contributed by atoms with Crippen LogP contribution in [-0.2, 0) is 29.9 Å². The lowest BCUT2D eigenvalue weighted by Crippen LogP contribution is -2.39. The first kappa shape index (κ1) is 43.8. The van der Waals surface area contributed by atoms with Gasteiger partial charge in [0.15, 0.2) is 0 Å². The number of aliphatic hydroxyl groups is 2. The molecule has 8 nitrogen and oxygen atoms in total. The molecule has 3 rings (SSSR count). The third kappa shape index (κ3) is 11.9. The summed E-state index contributed by atoms with van der Waals surface area (Å²) in [5.74, 6) is 1.04. The van der Waals surface area contributed by atoms with Gasteiger partial charge in [0.1, 0.15) is 35.9 Å². The Balaban J connectivity index is 1.55. The van der Waals surface area contributed by atoms with Crippen LogP contribution in [0.25, 0.3) is 0 Å². The summed E-state index contributed by atoms with van der Waals surface area (Å²) in [6, 6.07) is 16.7. The molecule has 0 bridgehead atoms. The molecule has 0 amide bonds. The molecule has 1 aliphatic carbocycles. The predicted octanol–water partition coefficient (Wildman–Crippen LogP) is 9.34. The van der Waals surface area contributed by atoms with E-state index in [4.69, 9.17) is 18.9 Å². The fourth-order valence-electron chi connectivity index (χ4n) is 7.49. The highest BCUT2D eigenvalue weighted by atomic mass is 16.6. The largest absolute Gasteiger partial charge is 0.491 e. The Kier molecular flexibility index (Phi) is 15.4. The molecule has 3 unspecified atom stereocenters. The number of ether oxygens (including phenoxy) is 4. The van der Waals surface area contributed by atoms with E-state index in [1.807, 2.05) is 52.0 Å². The molecule has 294 valence electrons. The minimum atomic E-state index is -0.844. The number of hydrogen-bond acceptors (Lipinski definition) is 8. The van der Waals surface area contributed by atoms with Crippen molar-refractivity contribution in [3.05, 3.63) is 84.0 Å². The SMILES string of the molecule is C=C(C)C(=O)OCC(O)CC(C)(CC)Oc1ccc(C(C)(C)C2CCC(C)(c3ccc(OCC(O)CC(CC)(CC)OC(=O)C(=C)C)cc3)CC2)cc1. The molecular formula is C45H66O8. The second-order valence-corrected chi connectivity index (χ2v) is 16.5. The predicted molar refractivity (Wildman–Crippen MR) is 211 cm³/mol. The number of esters is 2. The zero-order valence-electron chi connectivity index (χ0n) is 33.9. The van der Waals surface area contributed by atoms with Crippen LogP contribution in [0.15, 0.2) is 72.8 Å². The molecule has 2 aromatic carbocycles. The zero-order valence-corrected chi connectivity index (χ0v) is 33.9. The molecular weight excluding hydrogens is 668 g/mol. The maximum absolute atomic E-state index is 12.2. The summed E-state index contributed by atoms with van der Waals surface area (Å²) in [7, 11) is 0. The van der Waals surface area contributed by atoms with Crippen molar-refractivity contribution < 1.29 is 38.7 Å². The van der Waals surface area contributed by atoms with Crippen molar-refractivity contribution in [1.29, 1.82) is 0 Å². The van der Waals surface area contributed by atoms with Crippen LogP contribution >= 0.6 is 0 Å². The Hall–Kier alpha value is -3.62. The van der Waals surface area contributed by atoms with Gasteiger partial charge in [0.25, 0.3) is 0 Å². The van der Waals surface area contributed by atoms with Gasteiger partial charge >= 0.3 is 11.9 Å². The topological polar surface area (TPSA) is 112 Å². The number of carbonyl (C=O) groups excluding carboxylic acids is 2. The average Bonchev–Trinajstić information content (AvgIpc) is 3.13. The normalized spacial score (nSPS) is 20.0. The van der Waals surface area contributed by atoms with Crippen LogP contribution < -0.4 is 9.47 Å². The molecule has 8 heteroatoms. The van der Waals surface area contributed by atoms with Gasteiger partial charge in [-0.1, -0.05) is 79.0 Å². The highest BCUT2D eigenvalue weighted by Gasteiger charge is 2.40. The van der Waals surface area contributed by atoms with Gasteiger partial charge < -0.3 is 29.2 Å². The molecule has 0 aromatic heterocycles. The fourth-order valence-corrected chi connectivity index (χ4v) is 7.49. The van der Waals surface area contributed by atoms with E-state index in [0.29, 0.717) is 54.9 Å². The highest BCUT2D eigenvalue weighted by molar-refractivity contribution is 5.87. The second-order valence-electron chi connectivity index (χ2n) is 16.5. The summed E-state index contributed by atoms with van der Waals surface area (Å²) in [5.41, 5.74) is 1.89. The van der Waals surface area contributed by atoms with Gasteiger partial charge in [-0.05, 0) is 118 Å². The van der Waals surface area contributed by atoms with Crippen molar-refractivity contribution in [2.24, 2.45) is 5.92 Å². The van der Waals surface area contributed by atoms with Gasteiger partial charge in [-0.2, -0.15) is 0 Å². The number of carbonyl (C=O) groups is 2. The van der Waals surface area contributed by atoms with E-state index in [1.54, 1.807) is 13.8 Å². The third-order valence-electron chi connectivity index (χ3n) is 11.8. The van der Waals surface area contributed by atoms with Crippen molar-refractivity contribution in [2.45, 2.75) is 154 Å². The molecule has 3 atom stereocenters. The molecule has 2 N–H and O–H groups in total. The van der Waals surface area contributed by atoms with Crippen molar-refractivity contribution in [3.8, 4) is 11.5 Å². The Morgan fingerprint density at radius 1 is 0.792 bits per heavy atom. The summed E-state index contributed by atoms with van der Waals surface area (Å²) in [6.45, 7) is 25.4. The van der Waals surface area contributed by atoms with Crippen LogP contribution in [-0.4, -0.2) is 58.8 Å². The summed E-state index contributed by atoms with van der Waals surface area (Å²) >= 11 is 0. The van der Waals surface area contributed by atoms with Gasteiger partial charge in [-0.25, -0.2) is 9.59 Å². The smallest absolute Gasteiger partial charge is 0.333 e. The van der Waals surface area contributed by atoms with Crippen LogP contribution in [0.3, 0.4) is 0 Å². The van der Waals surface area contributed by atoms with Crippen molar-refractivity contribution in [1.82, 2.24) is 0 Å². The fraction of sp³-hybridized carbons (Fsp3) is 0.600. The summed E-state index contributed by atoms with van der Waals surface area (Å²) < 4.78 is 23.2. The van der Waals surface area contributed by atoms with Crippen LogP contribution in [0.2, 0.25) is 0 Å². The molecule has 2 aromatic rings. The van der Waals surface area contributed by atoms with E-state index < -0.39 is 35.3 Å². The Labute approximate surface area is 319 Å². The third-order valence-corrected chi connectivity index (χ3v) is 11.8. The number of hydrogen-bond donors (Lipinski definition) is 2. The number of benzene rings is 2. The molecule has 0 spiro atoms. The lowest BCUT2D eigenvalue weighted by molar-refractivity contribution is -0.159. The van der Waals surface area contributed by atoms with Gasteiger partial charge in [-0.15, -0.1) is 0 Å². The molecule has 53 heavy (non-hydrogen) atoms. The van der Waals surface area contributed by atoms with E-state index in [1.165, 1.54) is 11.1 Å². The van der Waals surface area contributed by atoms with E-state index in [0.717, 1.165) is 31.4 Å². The van der Waals surface area contributed by atoms with Gasteiger partial charge in [0, 0.05) is 24.0 Å². The lowest BCUT2D eigenvalue weighted by atomic mass is 9.60. The van der Waals surface area contributed by atoms with Gasteiger partial charge in [0.2, 0.25) is 0 Å². The molecule has 1 saturated carbocycles. The first-order valence-electron chi connectivity index (χ1n) is 19.4. The van der Waals surface area contributed by atoms with Crippen LogP contribution in [0, 0.1) is 5.92 Å². The Morgan fingerprint density at radius 3 is 1.83 bits per heavy atom. The molecule has 0 saturated heterocycles. The van der Waals surface area contributed by atoms with Crippen LogP contribution in [0.1, 0.15) is 131 Å². The minimum absolute atomic E-state index is 0.0220. The van der Waals surface area contributed by atoms with E-state index in [-0.39, 0.29) is 24.0 Å². The summed E-state index contributed by atoms with van der Waals surface area (Å²) in [4.78, 5) is 24.0. The average molecular weight is 735 g/mol. The zero-order chi connectivity index (χ0) is 39.6. The maximum Gasteiger partial charge on any atom is 0.333 e. The highest BCUT2D eigenvalue weighted by Crippen LogP contribution is 2.48. The van der Waals surface area contributed by atoms with Crippen LogP contribution in [0.4, 0.5) is 0 Å². The maximum atomic E-state index is 12.2. The molecule has 0 heterocycles. The number of rotatable bonds is 20. The summed E-state index contributed by atoms with van der Waals surface area (Å²) in [6.07, 6.45) is 5.26. The Bertz CT molecular complexity index is 1510. The quantitative estimate of drug-likeness (QED) is 0.102. The van der Waals surface area contributed by atoms with E-state index >= 15 is 0 Å². The number of aliphatic hydroxyl groups excluding tert-OH is 2. The van der Waals surface area contributed by atoms with Crippen molar-refractivity contribution >= 4 is 11.9 Å². The standard InChI is InChI=1S/C45H66O8/c1-12-44(11,27-36(46)30-51-40(48)31(4)5)52-39-21-15-33(16-22-39)42(8,9)34-23-25-43(10,26-24-34)35-17-19-38(20-18-35)50-29-37(47)28-45(13-2,14-3)53-41(49)32(6)7/h15-22,34,36-37,46-47H,4,6,12-14,23-30H2,1-3,5,7-11H3. The molecule has 0 aliphatic heterocycles. The lowest BCUT2D eigenvalue weighted by Gasteiger charge is -2.44. The Morgan fingerprint density at radius 2 is 1.32 bits per heavy atom.